The minimum Gasteiger partial charge on any atom is -0.356 e. The van der Waals surface area contributed by atoms with Crippen molar-refractivity contribution in [1.82, 2.24) is 15.1 Å². The molecular weight excluding hydrogens is 310 g/mol. The highest BCUT2D eigenvalue weighted by atomic mass is 16.1. The van der Waals surface area contributed by atoms with Crippen molar-refractivity contribution >= 4 is 5.91 Å². The molecule has 25 heavy (non-hydrogen) atoms. The van der Waals surface area contributed by atoms with E-state index in [1.165, 1.54) is 11.1 Å². The number of rotatable bonds is 8. The normalized spacial score (nSPS) is 10.6. The van der Waals surface area contributed by atoms with Gasteiger partial charge in [0.15, 0.2) is 0 Å². The van der Waals surface area contributed by atoms with Gasteiger partial charge in [-0.25, -0.2) is 4.68 Å². The Balaban J connectivity index is 1.35. The van der Waals surface area contributed by atoms with Crippen molar-refractivity contribution in [1.29, 1.82) is 0 Å². The molecule has 0 unspecified atom stereocenters. The van der Waals surface area contributed by atoms with E-state index in [1.807, 2.05) is 47.3 Å². The zero-order valence-electron chi connectivity index (χ0n) is 14.3. The summed E-state index contributed by atoms with van der Waals surface area (Å²) in [6.45, 7) is 0.672. The number of hydrogen-bond donors (Lipinski definition) is 1. The van der Waals surface area contributed by atoms with Crippen molar-refractivity contribution in [2.45, 2.75) is 25.7 Å². The maximum Gasteiger partial charge on any atom is 0.220 e. The number of aryl methyl sites for hydroxylation is 1. The van der Waals surface area contributed by atoms with E-state index in [1.54, 1.807) is 6.20 Å². The molecule has 128 valence electrons. The van der Waals surface area contributed by atoms with Gasteiger partial charge in [-0.2, -0.15) is 5.10 Å². The van der Waals surface area contributed by atoms with Gasteiger partial charge >= 0.3 is 0 Å². The Bertz CT molecular complexity index is 765. The van der Waals surface area contributed by atoms with Crippen LogP contribution in [0.1, 0.15) is 24.0 Å². The molecule has 2 aromatic carbocycles. The molecular formula is C21H23N3O. The van der Waals surface area contributed by atoms with Crippen LogP contribution in [-0.2, 0) is 17.6 Å². The smallest absolute Gasteiger partial charge is 0.220 e. The average Bonchev–Trinajstić information content (AvgIpc) is 3.18. The minimum absolute atomic E-state index is 0.129. The third-order valence-electron chi connectivity index (χ3n) is 4.15. The molecule has 0 atom stereocenters. The van der Waals surface area contributed by atoms with Crippen molar-refractivity contribution in [3.63, 3.8) is 0 Å². The van der Waals surface area contributed by atoms with Gasteiger partial charge in [0.2, 0.25) is 5.91 Å². The lowest BCUT2D eigenvalue weighted by Gasteiger charge is -2.07. The predicted octanol–water partition coefficient (Wildman–Crippen LogP) is 3.55. The molecule has 1 heterocycles. The summed E-state index contributed by atoms with van der Waals surface area (Å²) >= 11 is 0. The molecule has 3 aromatic rings. The second-order valence-corrected chi connectivity index (χ2v) is 6.06. The van der Waals surface area contributed by atoms with E-state index in [4.69, 9.17) is 0 Å². The first-order chi connectivity index (χ1) is 12.3. The van der Waals surface area contributed by atoms with E-state index >= 15 is 0 Å². The number of carbonyl (C=O) groups is 1. The third kappa shape index (κ3) is 5.31. The molecule has 4 nitrogen and oxygen atoms in total. The van der Waals surface area contributed by atoms with E-state index in [0.717, 1.165) is 24.9 Å². The Hall–Kier alpha value is -2.88. The van der Waals surface area contributed by atoms with Crippen LogP contribution < -0.4 is 5.32 Å². The largest absolute Gasteiger partial charge is 0.356 e. The first kappa shape index (κ1) is 17.0. The average molecular weight is 333 g/mol. The summed E-state index contributed by atoms with van der Waals surface area (Å²) in [6, 6.07) is 20.4. The standard InChI is InChI=1S/C21H23N3O/c25-21(9-4-8-18-6-2-1-3-7-18)22-16-14-19-10-12-20(13-11-19)24-17-5-15-23-24/h1-3,5-7,10-13,15,17H,4,8-9,14,16H2,(H,22,25). The molecule has 0 radical (unpaired) electrons. The number of nitrogens with one attached hydrogen (secondary N) is 1. The van der Waals surface area contributed by atoms with Gasteiger partial charge in [0.1, 0.15) is 0 Å². The summed E-state index contributed by atoms with van der Waals surface area (Å²) in [5, 5.41) is 7.21. The summed E-state index contributed by atoms with van der Waals surface area (Å²) in [6.07, 6.45) is 6.93. The molecule has 3 rings (SSSR count). The fourth-order valence-corrected chi connectivity index (χ4v) is 2.77. The number of benzene rings is 2. The summed E-state index contributed by atoms with van der Waals surface area (Å²) in [5.74, 6) is 0.129. The van der Waals surface area contributed by atoms with Gasteiger partial charge < -0.3 is 5.32 Å². The van der Waals surface area contributed by atoms with Crippen LogP contribution in [0.2, 0.25) is 0 Å². The lowest BCUT2D eigenvalue weighted by atomic mass is 10.1. The molecule has 0 aliphatic carbocycles. The maximum absolute atomic E-state index is 11.9. The number of nitrogens with zero attached hydrogens (tertiary/aromatic N) is 2. The molecule has 0 aliphatic rings. The first-order valence-electron chi connectivity index (χ1n) is 8.71. The van der Waals surface area contributed by atoms with Crippen molar-refractivity contribution in [3.05, 3.63) is 84.2 Å². The second kappa shape index (κ2) is 8.83. The van der Waals surface area contributed by atoms with Crippen LogP contribution in [0, 0.1) is 0 Å². The van der Waals surface area contributed by atoms with Gasteiger partial charge in [0.05, 0.1) is 5.69 Å². The topological polar surface area (TPSA) is 46.9 Å². The SMILES string of the molecule is O=C(CCCc1ccccc1)NCCc1ccc(-n2cccn2)cc1. The van der Waals surface area contributed by atoms with E-state index in [-0.39, 0.29) is 5.91 Å². The Labute approximate surface area is 148 Å². The highest BCUT2D eigenvalue weighted by Gasteiger charge is 2.02. The highest BCUT2D eigenvalue weighted by molar-refractivity contribution is 5.75. The molecule has 1 aromatic heterocycles. The Morgan fingerprint density at radius 2 is 1.68 bits per heavy atom. The zero-order valence-corrected chi connectivity index (χ0v) is 14.3. The minimum atomic E-state index is 0.129. The number of carbonyl (C=O) groups excluding carboxylic acids is 1. The van der Waals surface area contributed by atoms with E-state index in [0.29, 0.717) is 13.0 Å². The number of amides is 1. The lowest BCUT2D eigenvalue weighted by molar-refractivity contribution is -0.121. The van der Waals surface area contributed by atoms with E-state index in [9.17, 15) is 4.79 Å². The van der Waals surface area contributed by atoms with Crippen molar-refractivity contribution < 1.29 is 4.79 Å². The van der Waals surface area contributed by atoms with Crippen LogP contribution >= 0.6 is 0 Å². The Morgan fingerprint density at radius 3 is 2.40 bits per heavy atom. The monoisotopic (exact) mass is 333 g/mol. The highest BCUT2D eigenvalue weighted by Crippen LogP contribution is 2.09. The molecule has 0 fully saturated rings. The number of hydrogen-bond acceptors (Lipinski definition) is 2. The molecule has 0 bridgehead atoms. The van der Waals surface area contributed by atoms with Crippen LogP contribution in [0.4, 0.5) is 0 Å². The van der Waals surface area contributed by atoms with E-state index in [2.05, 4.69) is 34.7 Å². The van der Waals surface area contributed by atoms with Crippen LogP contribution in [0.5, 0.6) is 0 Å². The van der Waals surface area contributed by atoms with Crippen LogP contribution in [-0.4, -0.2) is 22.2 Å². The van der Waals surface area contributed by atoms with Crippen molar-refractivity contribution in [2.75, 3.05) is 6.54 Å². The zero-order chi connectivity index (χ0) is 17.3. The van der Waals surface area contributed by atoms with Crippen LogP contribution in [0.15, 0.2) is 73.1 Å². The fraction of sp³-hybridized carbons (Fsp3) is 0.238. The first-order valence-corrected chi connectivity index (χ1v) is 8.71. The van der Waals surface area contributed by atoms with Crippen LogP contribution in [0.3, 0.4) is 0 Å². The molecule has 0 spiro atoms. The molecule has 0 saturated carbocycles. The summed E-state index contributed by atoms with van der Waals surface area (Å²) in [7, 11) is 0. The van der Waals surface area contributed by atoms with Gasteiger partial charge in [-0.1, -0.05) is 42.5 Å². The molecule has 1 amide bonds. The molecule has 0 aliphatic heterocycles. The van der Waals surface area contributed by atoms with Gasteiger partial charge in [0, 0.05) is 25.4 Å². The van der Waals surface area contributed by atoms with Crippen LogP contribution in [0.25, 0.3) is 5.69 Å². The molecule has 0 saturated heterocycles. The molecule has 4 heteroatoms. The van der Waals surface area contributed by atoms with E-state index < -0.39 is 0 Å². The molecule has 1 N–H and O–H groups in total. The number of aromatic nitrogens is 2. The van der Waals surface area contributed by atoms with Gasteiger partial charge in [-0.3, -0.25) is 4.79 Å². The Morgan fingerprint density at radius 1 is 0.920 bits per heavy atom. The third-order valence-corrected chi connectivity index (χ3v) is 4.15. The van der Waals surface area contributed by atoms with Gasteiger partial charge in [-0.15, -0.1) is 0 Å². The van der Waals surface area contributed by atoms with Crippen molar-refractivity contribution in [2.24, 2.45) is 0 Å². The predicted molar refractivity (Wildman–Crippen MR) is 99.7 cm³/mol. The Kier molecular flexibility index (Phi) is 5.99. The quantitative estimate of drug-likeness (QED) is 0.685. The second-order valence-electron chi connectivity index (χ2n) is 6.06. The summed E-state index contributed by atoms with van der Waals surface area (Å²) in [4.78, 5) is 11.9. The van der Waals surface area contributed by atoms with Gasteiger partial charge in [-0.05, 0) is 48.6 Å². The summed E-state index contributed by atoms with van der Waals surface area (Å²) in [5.41, 5.74) is 3.53. The van der Waals surface area contributed by atoms with Crippen molar-refractivity contribution in [3.8, 4) is 5.69 Å². The fourth-order valence-electron chi connectivity index (χ4n) is 2.77. The van der Waals surface area contributed by atoms with Gasteiger partial charge in [0.25, 0.3) is 0 Å². The maximum atomic E-state index is 11.9. The lowest BCUT2D eigenvalue weighted by Crippen LogP contribution is -2.25. The summed E-state index contributed by atoms with van der Waals surface area (Å²) < 4.78 is 1.83.